The first-order valence-electron chi connectivity index (χ1n) is 3.68. The van der Waals surface area contributed by atoms with E-state index in [2.05, 4.69) is 10.7 Å². The van der Waals surface area contributed by atoms with E-state index in [1.54, 1.807) is 12.1 Å². The molecule has 1 rings (SSSR count). The molecule has 0 aromatic rings. The highest BCUT2D eigenvalue weighted by Crippen LogP contribution is 2.05. The van der Waals surface area contributed by atoms with Crippen molar-refractivity contribution in [1.29, 1.82) is 0 Å². The van der Waals surface area contributed by atoms with Crippen LogP contribution in [0.15, 0.2) is 0 Å². The first-order chi connectivity index (χ1) is 5.24. The number of hydrogen-bond donors (Lipinski definition) is 2. The van der Waals surface area contributed by atoms with Crippen LogP contribution in [0.5, 0.6) is 0 Å². The lowest BCUT2D eigenvalue weighted by Crippen LogP contribution is -2.56. The summed E-state index contributed by atoms with van der Waals surface area (Å²) in [5, 5.41) is 4.54. The molecule has 1 aliphatic rings. The summed E-state index contributed by atoms with van der Waals surface area (Å²) in [6.07, 6.45) is -2.27. The molecule has 66 valence electrons. The summed E-state index contributed by atoms with van der Waals surface area (Å²) in [7, 11) is 1.74. The number of alkyl halides is 2. The van der Waals surface area contributed by atoms with Gasteiger partial charge < -0.3 is 5.32 Å². The monoisotopic (exact) mass is 165 g/mol. The Morgan fingerprint density at radius 1 is 1.64 bits per heavy atom. The highest BCUT2D eigenvalue weighted by molar-refractivity contribution is 4.77. The third-order valence-electron chi connectivity index (χ3n) is 1.83. The van der Waals surface area contributed by atoms with E-state index in [0.29, 0.717) is 13.1 Å². The van der Waals surface area contributed by atoms with Gasteiger partial charge in [-0.15, -0.1) is 0 Å². The smallest absolute Gasteiger partial charge is 0.254 e. The molecule has 2 N–H and O–H groups in total. The lowest BCUT2D eigenvalue weighted by Gasteiger charge is -2.32. The molecule has 1 heterocycles. The zero-order chi connectivity index (χ0) is 8.27. The minimum atomic E-state index is -2.27. The predicted octanol–water partition coefficient (Wildman–Crippen LogP) is -0.340. The van der Waals surface area contributed by atoms with Crippen molar-refractivity contribution in [2.24, 2.45) is 0 Å². The molecule has 1 unspecified atom stereocenters. The number of piperazine rings is 1. The minimum absolute atomic E-state index is 0.369. The molecular formula is C6H13F2N3. The summed E-state index contributed by atoms with van der Waals surface area (Å²) in [6.45, 7) is 1.77. The van der Waals surface area contributed by atoms with Gasteiger partial charge in [0.15, 0.2) is 0 Å². The second kappa shape index (κ2) is 3.94. The maximum Gasteiger partial charge on any atom is 0.254 e. The fourth-order valence-corrected chi connectivity index (χ4v) is 1.15. The van der Waals surface area contributed by atoms with Gasteiger partial charge in [0.2, 0.25) is 0 Å². The molecule has 1 fully saturated rings. The van der Waals surface area contributed by atoms with Crippen LogP contribution in [0, 0.1) is 0 Å². The van der Waals surface area contributed by atoms with E-state index in [0.717, 1.165) is 6.54 Å². The van der Waals surface area contributed by atoms with E-state index in [9.17, 15) is 8.78 Å². The van der Waals surface area contributed by atoms with E-state index >= 15 is 0 Å². The number of nitrogens with one attached hydrogen (secondary N) is 2. The van der Waals surface area contributed by atoms with E-state index in [1.165, 1.54) is 0 Å². The number of hydrazine groups is 1. The van der Waals surface area contributed by atoms with Gasteiger partial charge in [0.05, 0.1) is 6.04 Å². The van der Waals surface area contributed by atoms with Gasteiger partial charge in [-0.25, -0.2) is 13.8 Å². The molecule has 1 aliphatic heterocycles. The quantitative estimate of drug-likeness (QED) is 0.586. The molecule has 0 bridgehead atoms. The average molecular weight is 165 g/mol. The summed E-state index contributed by atoms with van der Waals surface area (Å²) in [4.78, 5) is 0. The number of rotatable bonds is 2. The minimum Gasteiger partial charge on any atom is -0.306 e. The summed E-state index contributed by atoms with van der Waals surface area (Å²) in [6, 6.07) is -0.684. The summed E-state index contributed by atoms with van der Waals surface area (Å²) in [5.41, 5.74) is 2.85. The van der Waals surface area contributed by atoms with E-state index in [-0.39, 0.29) is 0 Å². The Morgan fingerprint density at radius 3 is 2.91 bits per heavy atom. The zero-order valence-electron chi connectivity index (χ0n) is 6.48. The molecule has 3 nitrogen and oxygen atoms in total. The third kappa shape index (κ3) is 2.36. The van der Waals surface area contributed by atoms with E-state index in [1.807, 2.05) is 0 Å². The molecule has 0 aliphatic carbocycles. The molecular weight excluding hydrogens is 152 g/mol. The molecule has 1 saturated heterocycles. The highest BCUT2D eigenvalue weighted by Gasteiger charge is 2.25. The molecule has 0 amide bonds. The van der Waals surface area contributed by atoms with Crippen LogP contribution in [-0.2, 0) is 0 Å². The lowest BCUT2D eigenvalue weighted by atomic mass is 10.2. The van der Waals surface area contributed by atoms with E-state index in [4.69, 9.17) is 0 Å². The summed E-state index contributed by atoms with van der Waals surface area (Å²) < 4.78 is 24.2. The van der Waals surface area contributed by atoms with Crippen molar-refractivity contribution >= 4 is 0 Å². The lowest BCUT2D eigenvalue weighted by molar-refractivity contribution is 0.0426. The van der Waals surface area contributed by atoms with Gasteiger partial charge in [0.1, 0.15) is 0 Å². The Bertz CT molecular complexity index is 120. The van der Waals surface area contributed by atoms with Crippen LogP contribution in [0.2, 0.25) is 0 Å². The fraction of sp³-hybridized carbons (Fsp3) is 1.00. The standard InChI is InChI=1S/C6H13F2N3/c1-9-11-3-2-10-5(4-11)6(7)8/h5-6,9-10H,2-4H2,1H3. The Labute approximate surface area is 64.7 Å². The molecule has 0 spiro atoms. The van der Waals surface area contributed by atoms with Crippen LogP contribution in [0.4, 0.5) is 8.78 Å². The Morgan fingerprint density at radius 2 is 2.36 bits per heavy atom. The van der Waals surface area contributed by atoms with Crippen LogP contribution < -0.4 is 10.7 Å². The average Bonchev–Trinajstić information content (AvgIpc) is 2.05. The van der Waals surface area contributed by atoms with Crippen LogP contribution in [0.3, 0.4) is 0 Å². The van der Waals surface area contributed by atoms with Crippen molar-refractivity contribution < 1.29 is 8.78 Å². The van der Waals surface area contributed by atoms with Gasteiger partial charge in [-0.3, -0.25) is 5.43 Å². The van der Waals surface area contributed by atoms with Gasteiger partial charge in [-0.1, -0.05) is 0 Å². The molecule has 11 heavy (non-hydrogen) atoms. The van der Waals surface area contributed by atoms with Crippen molar-refractivity contribution in [1.82, 2.24) is 15.8 Å². The summed E-state index contributed by atoms with van der Waals surface area (Å²) in [5.74, 6) is 0. The largest absolute Gasteiger partial charge is 0.306 e. The highest BCUT2D eigenvalue weighted by atomic mass is 19.3. The first kappa shape index (κ1) is 8.83. The van der Waals surface area contributed by atoms with Gasteiger partial charge in [0.25, 0.3) is 6.43 Å². The molecule has 0 aromatic heterocycles. The van der Waals surface area contributed by atoms with Crippen molar-refractivity contribution in [2.45, 2.75) is 12.5 Å². The number of hydrogen-bond acceptors (Lipinski definition) is 3. The molecule has 0 saturated carbocycles. The fourth-order valence-electron chi connectivity index (χ4n) is 1.15. The maximum atomic E-state index is 12.1. The molecule has 5 heteroatoms. The SMILES string of the molecule is CNN1CCNC(C(F)F)C1. The normalized spacial score (nSPS) is 27.8. The zero-order valence-corrected chi connectivity index (χ0v) is 6.48. The summed E-state index contributed by atoms with van der Waals surface area (Å²) >= 11 is 0. The number of halogens is 2. The Kier molecular flexibility index (Phi) is 3.16. The van der Waals surface area contributed by atoms with Crippen LogP contribution >= 0.6 is 0 Å². The van der Waals surface area contributed by atoms with Crippen LogP contribution in [0.1, 0.15) is 0 Å². The second-order valence-electron chi connectivity index (χ2n) is 2.56. The maximum absolute atomic E-state index is 12.1. The number of nitrogens with zero attached hydrogens (tertiary/aromatic N) is 1. The van der Waals surface area contributed by atoms with Crippen molar-refractivity contribution in [3.63, 3.8) is 0 Å². The molecule has 0 aromatic carbocycles. The third-order valence-corrected chi connectivity index (χ3v) is 1.83. The predicted molar refractivity (Wildman–Crippen MR) is 38.4 cm³/mol. The second-order valence-corrected chi connectivity index (χ2v) is 2.56. The topological polar surface area (TPSA) is 27.3 Å². The van der Waals surface area contributed by atoms with Gasteiger partial charge in [0, 0.05) is 19.6 Å². The molecule has 0 radical (unpaired) electrons. The Hall–Kier alpha value is -0.260. The van der Waals surface area contributed by atoms with Crippen molar-refractivity contribution in [2.75, 3.05) is 26.7 Å². The van der Waals surface area contributed by atoms with Crippen LogP contribution in [0.25, 0.3) is 0 Å². The van der Waals surface area contributed by atoms with Gasteiger partial charge in [-0.05, 0) is 7.05 Å². The van der Waals surface area contributed by atoms with E-state index < -0.39 is 12.5 Å². The van der Waals surface area contributed by atoms with Crippen LogP contribution in [-0.4, -0.2) is 44.2 Å². The first-order valence-corrected chi connectivity index (χ1v) is 3.68. The van der Waals surface area contributed by atoms with Gasteiger partial charge >= 0.3 is 0 Å². The molecule has 1 atom stereocenters. The van der Waals surface area contributed by atoms with Crippen molar-refractivity contribution in [3.8, 4) is 0 Å². The van der Waals surface area contributed by atoms with Gasteiger partial charge in [-0.2, -0.15) is 0 Å². The Balaban J connectivity index is 2.33. The van der Waals surface area contributed by atoms with Crippen molar-refractivity contribution in [3.05, 3.63) is 0 Å².